The Hall–Kier alpha value is -2.21. The standard InChI is InChI=1S/C22H30O6/c1-8-13(4)21(25)27-19-16(11-18-22(7,28-18)20(19)24)14(5)17(26-15(6)23)10-9-12(2)3/h8-9,16-19H,5,10-11H2,1-4,6-7H3/b13-8-/t16-,17-,18-,19-,22-/m0/s1. The van der Waals surface area contributed by atoms with Crippen molar-refractivity contribution in [3.05, 3.63) is 35.5 Å². The van der Waals surface area contributed by atoms with E-state index in [9.17, 15) is 14.4 Å². The first-order chi connectivity index (χ1) is 13.0. The van der Waals surface area contributed by atoms with Crippen LogP contribution in [-0.2, 0) is 28.6 Å². The van der Waals surface area contributed by atoms with Crippen molar-refractivity contribution in [2.24, 2.45) is 5.92 Å². The molecular weight excluding hydrogens is 360 g/mol. The molecule has 0 aromatic heterocycles. The Balaban J connectivity index is 2.30. The zero-order valence-electron chi connectivity index (χ0n) is 17.5. The van der Waals surface area contributed by atoms with Gasteiger partial charge in [-0.05, 0) is 46.6 Å². The fourth-order valence-electron chi connectivity index (χ4n) is 3.44. The number of fused-ring (bicyclic) bond motifs is 1. The molecule has 1 aliphatic carbocycles. The summed E-state index contributed by atoms with van der Waals surface area (Å²) in [7, 11) is 0. The molecule has 0 aromatic carbocycles. The Morgan fingerprint density at radius 1 is 1.32 bits per heavy atom. The highest BCUT2D eigenvalue weighted by Crippen LogP contribution is 2.50. The van der Waals surface area contributed by atoms with Crippen molar-refractivity contribution in [3.63, 3.8) is 0 Å². The van der Waals surface area contributed by atoms with Crippen LogP contribution >= 0.6 is 0 Å². The number of Topliss-reactive ketones (excluding diaryl/α,β-unsaturated/α-hetero) is 1. The molecule has 2 fully saturated rings. The number of hydrogen-bond donors (Lipinski definition) is 0. The van der Waals surface area contributed by atoms with Crippen LogP contribution in [0.1, 0.15) is 54.4 Å². The van der Waals surface area contributed by atoms with E-state index in [-0.39, 0.29) is 11.9 Å². The molecule has 0 N–H and O–H groups in total. The van der Waals surface area contributed by atoms with Crippen LogP contribution in [0.15, 0.2) is 35.5 Å². The van der Waals surface area contributed by atoms with Gasteiger partial charge in [0.05, 0.1) is 6.10 Å². The van der Waals surface area contributed by atoms with Gasteiger partial charge in [-0.2, -0.15) is 0 Å². The number of ketones is 1. The highest BCUT2D eigenvalue weighted by Gasteiger charge is 2.66. The number of ether oxygens (including phenoxy) is 3. The van der Waals surface area contributed by atoms with E-state index >= 15 is 0 Å². The van der Waals surface area contributed by atoms with Crippen LogP contribution in [0.4, 0.5) is 0 Å². The van der Waals surface area contributed by atoms with Crippen molar-refractivity contribution in [3.8, 4) is 0 Å². The first kappa shape index (κ1) is 22.1. The smallest absolute Gasteiger partial charge is 0.334 e. The molecular formula is C22H30O6. The fraction of sp³-hybridized carbons (Fsp3) is 0.591. The van der Waals surface area contributed by atoms with Crippen molar-refractivity contribution in [1.82, 2.24) is 0 Å². The van der Waals surface area contributed by atoms with E-state index in [1.165, 1.54) is 6.92 Å². The molecule has 28 heavy (non-hydrogen) atoms. The third kappa shape index (κ3) is 4.61. The summed E-state index contributed by atoms with van der Waals surface area (Å²) < 4.78 is 16.6. The van der Waals surface area contributed by atoms with Crippen LogP contribution < -0.4 is 0 Å². The highest BCUT2D eigenvalue weighted by atomic mass is 16.6. The molecule has 5 atom stereocenters. The van der Waals surface area contributed by atoms with E-state index in [0.717, 1.165) is 5.57 Å². The average Bonchev–Trinajstić information content (AvgIpc) is 3.30. The van der Waals surface area contributed by atoms with Gasteiger partial charge in [0.1, 0.15) is 6.10 Å². The number of hydrogen-bond acceptors (Lipinski definition) is 6. The number of allylic oxidation sites excluding steroid dienone is 2. The lowest BCUT2D eigenvalue weighted by Crippen LogP contribution is -2.49. The van der Waals surface area contributed by atoms with Crippen LogP contribution in [-0.4, -0.2) is 41.6 Å². The first-order valence-electron chi connectivity index (χ1n) is 9.56. The van der Waals surface area contributed by atoms with Gasteiger partial charge in [0, 0.05) is 24.8 Å². The predicted molar refractivity (Wildman–Crippen MR) is 104 cm³/mol. The Bertz CT molecular complexity index is 742. The van der Waals surface area contributed by atoms with Gasteiger partial charge in [0.2, 0.25) is 5.78 Å². The number of carbonyl (C=O) groups excluding carboxylic acids is 3. The van der Waals surface area contributed by atoms with Crippen molar-refractivity contribution < 1.29 is 28.6 Å². The molecule has 0 amide bonds. The average molecular weight is 390 g/mol. The molecule has 0 bridgehead atoms. The van der Waals surface area contributed by atoms with Gasteiger partial charge in [-0.1, -0.05) is 24.3 Å². The monoisotopic (exact) mass is 390 g/mol. The van der Waals surface area contributed by atoms with Crippen molar-refractivity contribution in [2.45, 2.75) is 78.3 Å². The van der Waals surface area contributed by atoms with Gasteiger partial charge in [0.15, 0.2) is 11.7 Å². The van der Waals surface area contributed by atoms with E-state index in [0.29, 0.717) is 24.0 Å². The molecule has 1 saturated carbocycles. The van der Waals surface area contributed by atoms with E-state index in [1.54, 1.807) is 26.8 Å². The molecule has 1 saturated heterocycles. The summed E-state index contributed by atoms with van der Waals surface area (Å²) in [5.74, 6) is -1.72. The maximum absolute atomic E-state index is 13.0. The number of epoxide rings is 1. The van der Waals surface area contributed by atoms with E-state index in [2.05, 4.69) is 6.58 Å². The minimum Gasteiger partial charge on any atom is -0.458 e. The zero-order valence-corrected chi connectivity index (χ0v) is 17.5. The largest absolute Gasteiger partial charge is 0.458 e. The normalized spacial score (nSPS) is 30.0. The lowest BCUT2D eigenvalue weighted by Gasteiger charge is -2.34. The van der Waals surface area contributed by atoms with Crippen molar-refractivity contribution in [2.75, 3.05) is 0 Å². The minimum absolute atomic E-state index is 0.235. The fourth-order valence-corrected chi connectivity index (χ4v) is 3.44. The van der Waals surface area contributed by atoms with Crippen LogP contribution in [0.5, 0.6) is 0 Å². The lowest BCUT2D eigenvalue weighted by atomic mass is 9.74. The molecule has 0 unspecified atom stereocenters. The molecule has 6 heteroatoms. The second-order valence-electron chi connectivity index (χ2n) is 7.91. The van der Waals surface area contributed by atoms with Crippen LogP contribution in [0.3, 0.4) is 0 Å². The summed E-state index contributed by atoms with van der Waals surface area (Å²) in [5.41, 5.74) is 1.15. The van der Waals surface area contributed by atoms with Crippen LogP contribution in [0, 0.1) is 5.92 Å². The summed E-state index contributed by atoms with van der Waals surface area (Å²) in [6, 6.07) is 0. The zero-order chi connectivity index (χ0) is 21.2. The topological polar surface area (TPSA) is 82.2 Å². The minimum atomic E-state index is -1.01. The third-order valence-corrected chi connectivity index (χ3v) is 5.45. The number of rotatable bonds is 7. The molecule has 1 aliphatic heterocycles. The number of carbonyl (C=O) groups is 3. The molecule has 2 aliphatic rings. The molecule has 1 heterocycles. The predicted octanol–water partition coefficient (Wildman–Crippen LogP) is 3.46. The lowest BCUT2D eigenvalue weighted by molar-refractivity contribution is -0.157. The summed E-state index contributed by atoms with van der Waals surface area (Å²) >= 11 is 0. The summed E-state index contributed by atoms with van der Waals surface area (Å²) in [6.45, 7) is 14.4. The molecule has 154 valence electrons. The Kier molecular flexibility index (Phi) is 6.65. The second kappa shape index (κ2) is 8.43. The molecule has 2 rings (SSSR count). The second-order valence-corrected chi connectivity index (χ2v) is 7.91. The van der Waals surface area contributed by atoms with Gasteiger partial charge in [-0.25, -0.2) is 4.79 Å². The van der Waals surface area contributed by atoms with Gasteiger partial charge in [0.25, 0.3) is 0 Å². The van der Waals surface area contributed by atoms with Crippen LogP contribution in [0.2, 0.25) is 0 Å². The summed E-state index contributed by atoms with van der Waals surface area (Å²) in [6.07, 6.45) is 2.67. The van der Waals surface area contributed by atoms with Gasteiger partial charge in [-0.3, -0.25) is 9.59 Å². The Morgan fingerprint density at radius 2 is 1.96 bits per heavy atom. The molecule has 0 aromatic rings. The van der Waals surface area contributed by atoms with Gasteiger partial charge >= 0.3 is 11.9 Å². The quantitative estimate of drug-likeness (QED) is 0.287. The van der Waals surface area contributed by atoms with E-state index in [1.807, 2.05) is 19.9 Å². The molecule has 6 nitrogen and oxygen atoms in total. The Labute approximate surface area is 166 Å². The van der Waals surface area contributed by atoms with Gasteiger partial charge < -0.3 is 14.2 Å². The SMILES string of the molecule is C=C([C@H](CC=C(C)C)OC(C)=O)[C@@H]1C[C@@H]2O[C@]2(C)C(=O)[C@H]1OC(=O)/C(C)=C\C. The maximum atomic E-state index is 13.0. The van der Waals surface area contributed by atoms with E-state index < -0.39 is 35.7 Å². The molecule has 0 radical (unpaired) electrons. The van der Waals surface area contributed by atoms with Crippen molar-refractivity contribution in [1.29, 1.82) is 0 Å². The first-order valence-corrected chi connectivity index (χ1v) is 9.56. The summed E-state index contributed by atoms with van der Waals surface area (Å²) in [4.78, 5) is 36.9. The third-order valence-electron chi connectivity index (χ3n) is 5.45. The Morgan fingerprint density at radius 3 is 2.50 bits per heavy atom. The highest BCUT2D eigenvalue weighted by molar-refractivity contribution is 5.98. The maximum Gasteiger partial charge on any atom is 0.334 e. The van der Waals surface area contributed by atoms with E-state index in [4.69, 9.17) is 14.2 Å². The van der Waals surface area contributed by atoms with Crippen LogP contribution in [0.25, 0.3) is 0 Å². The summed E-state index contributed by atoms with van der Waals surface area (Å²) in [5, 5.41) is 0. The number of esters is 2. The molecule has 0 spiro atoms. The van der Waals surface area contributed by atoms with Crippen molar-refractivity contribution >= 4 is 17.7 Å². The van der Waals surface area contributed by atoms with Gasteiger partial charge in [-0.15, -0.1) is 0 Å².